The van der Waals surface area contributed by atoms with E-state index in [1.165, 1.54) is 22.6 Å². The van der Waals surface area contributed by atoms with E-state index in [2.05, 4.69) is 47.3 Å². The van der Waals surface area contributed by atoms with Crippen LogP contribution < -0.4 is 5.32 Å². The Balaban J connectivity index is 1.68. The lowest BCUT2D eigenvalue weighted by Gasteiger charge is -2.17. The van der Waals surface area contributed by atoms with Gasteiger partial charge in [-0.15, -0.1) is 22.7 Å². The molecule has 3 heteroatoms. The van der Waals surface area contributed by atoms with Gasteiger partial charge in [0.15, 0.2) is 0 Å². The second-order valence-corrected chi connectivity index (χ2v) is 7.04. The zero-order valence-electron chi connectivity index (χ0n) is 10.6. The molecule has 1 fully saturated rings. The van der Waals surface area contributed by atoms with Gasteiger partial charge in [-0.05, 0) is 35.2 Å². The zero-order valence-corrected chi connectivity index (χ0v) is 12.3. The van der Waals surface area contributed by atoms with E-state index in [1.54, 1.807) is 0 Å². The number of hydrogen-bond donors (Lipinski definition) is 1. The standard InChI is InChI=1S/C15H19NS2/c1-2-11-9-13(11)16-14(15-6-4-8-18-15)10-12-5-3-7-17-12/h3-8,11,13-14,16H,2,9-10H2,1H3. The van der Waals surface area contributed by atoms with Crippen molar-refractivity contribution >= 4 is 22.7 Å². The van der Waals surface area contributed by atoms with E-state index in [0.717, 1.165) is 18.4 Å². The third-order valence-corrected chi connectivity index (χ3v) is 5.62. The molecule has 0 radical (unpaired) electrons. The van der Waals surface area contributed by atoms with Crippen LogP contribution in [0.4, 0.5) is 0 Å². The Labute approximate surface area is 117 Å². The van der Waals surface area contributed by atoms with Crippen LogP contribution >= 0.6 is 22.7 Å². The predicted octanol–water partition coefficient (Wildman–Crippen LogP) is 4.48. The van der Waals surface area contributed by atoms with Crippen LogP contribution in [0.1, 0.15) is 35.6 Å². The second kappa shape index (κ2) is 5.55. The van der Waals surface area contributed by atoms with E-state index in [-0.39, 0.29) is 0 Å². The summed E-state index contributed by atoms with van der Waals surface area (Å²) < 4.78 is 0. The van der Waals surface area contributed by atoms with Crippen molar-refractivity contribution in [2.45, 2.75) is 38.3 Å². The van der Waals surface area contributed by atoms with E-state index in [1.807, 2.05) is 22.7 Å². The lowest BCUT2D eigenvalue weighted by molar-refractivity contribution is 0.513. The molecule has 1 aliphatic rings. The molecular formula is C15H19NS2. The van der Waals surface area contributed by atoms with Gasteiger partial charge in [-0.1, -0.05) is 25.5 Å². The lowest BCUT2D eigenvalue weighted by Crippen LogP contribution is -2.25. The van der Waals surface area contributed by atoms with Crippen molar-refractivity contribution in [3.63, 3.8) is 0 Å². The molecule has 1 aliphatic carbocycles. The molecular weight excluding hydrogens is 258 g/mol. The zero-order chi connectivity index (χ0) is 12.4. The van der Waals surface area contributed by atoms with Crippen molar-refractivity contribution in [3.05, 3.63) is 44.8 Å². The van der Waals surface area contributed by atoms with Crippen LogP contribution in [0.2, 0.25) is 0 Å². The normalized spacial score (nSPS) is 24.1. The summed E-state index contributed by atoms with van der Waals surface area (Å²) in [5.74, 6) is 0.913. The van der Waals surface area contributed by atoms with Gasteiger partial charge in [0.1, 0.15) is 0 Å². The first-order valence-corrected chi connectivity index (χ1v) is 8.44. The van der Waals surface area contributed by atoms with Crippen LogP contribution in [0.5, 0.6) is 0 Å². The first kappa shape index (κ1) is 12.4. The van der Waals surface area contributed by atoms with Crippen molar-refractivity contribution in [1.29, 1.82) is 0 Å². The molecule has 2 heterocycles. The molecule has 3 rings (SSSR count). The van der Waals surface area contributed by atoms with Crippen LogP contribution in [0, 0.1) is 5.92 Å². The molecule has 0 saturated heterocycles. The van der Waals surface area contributed by atoms with Gasteiger partial charge in [0.25, 0.3) is 0 Å². The van der Waals surface area contributed by atoms with E-state index >= 15 is 0 Å². The molecule has 1 nitrogen and oxygen atoms in total. The van der Waals surface area contributed by atoms with Crippen molar-refractivity contribution in [3.8, 4) is 0 Å². The third-order valence-electron chi connectivity index (χ3n) is 3.73. The lowest BCUT2D eigenvalue weighted by atomic mass is 10.1. The van der Waals surface area contributed by atoms with E-state index in [0.29, 0.717) is 6.04 Å². The van der Waals surface area contributed by atoms with Crippen LogP contribution in [0.3, 0.4) is 0 Å². The van der Waals surface area contributed by atoms with E-state index in [4.69, 9.17) is 0 Å². The highest BCUT2D eigenvalue weighted by Crippen LogP contribution is 2.36. The Hall–Kier alpha value is -0.640. The summed E-state index contributed by atoms with van der Waals surface area (Å²) in [6.45, 7) is 2.30. The molecule has 2 aromatic rings. The maximum Gasteiger partial charge on any atom is 0.0465 e. The van der Waals surface area contributed by atoms with Crippen molar-refractivity contribution in [2.24, 2.45) is 5.92 Å². The molecule has 0 aliphatic heterocycles. The minimum absolute atomic E-state index is 0.505. The molecule has 1 N–H and O–H groups in total. The fraction of sp³-hybridized carbons (Fsp3) is 0.467. The number of nitrogens with one attached hydrogen (secondary N) is 1. The minimum Gasteiger partial charge on any atom is -0.306 e. The summed E-state index contributed by atoms with van der Waals surface area (Å²) >= 11 is 3.74. The maximum absolute atomic E-state index is 3.85. The first-order valence-electron chi connectivity index (χ1n) is 6.68. The average molecular weight is 277 g/mol. The Morgan fingerprint density at radius 1 is 1.28 bits per heavy atom. The highest BCUT2D eigenvalue weighted by Gasteiger charge is 2.36. The summed E-state index contributed by atoms with van der Waals surface area (Å²) in [6.07, 6.45) is 3.81. The molecule has 0 bridgehead atoms. The molecule has 0 aromatic carbocycles. The van der Waals surface area contributed by atoms with E-state index < -0.39 is 0 Å². The second-order valence-electron chi connectivity index (χ2n) is 5.03. The summed E-state index contributed by atoms with van der Waals surface area (Å²) in [5.41, 5.74) is 0. The van der Waals surface area contributed by atoms with Gasteiger partial charge in [0.2, 0.25) is 0 Å². The minimum atomic E-state index is 0.505. The number of hydrogen-bond acceptors (Lipinski definition) is 3. The summed E-state index contributed by atoms with van der Waals surface area (Å²) in [7, 11) is 0. The molecule has 0 spiro atoms. The topological polar surface area (TPSA) is 12.0 Å². The first-order chi connectivity index (χ1) is 8.86. The van der Waals surface area contributed by atoms with Gasteiger partial charge in [-0.2, -0.15) is 0 Å². The Bertz CT molecular complexity index is 461. The fourth-order valence-electron chi connectivity index (χ4n) is 2.52. The van der Waals surface area contributed by atoms with Crippen LogP contribution in [-0.4, -0.2) is 6.04 Å². The van der Waals surface area contributed by atoms with Gasteiger partial charge < -0.3 is 5.32 Å². The predicted molar refractivity (Wildman–Crippen MR) is 80.4 cm³/mol. The van der Waals surface area contributed by atoms with Gasteiger partial charge in [-0.3, -0.25) is 0 Å². The highest BCUT2D eigenvalue weighted by molar-refractivity contribution is 7.10. The van der Waals surface area contributed by atoms with Crippen LogP contribution in [0.15, 0.2) is 35.0 Å². The monoisotopic (exact) mass is 277 g/mol. The molecule has 2 aromatic heterocycles. The van der Waals surface area contributed by atoms with Gasteiger partial charge >= 0.3 is 0 Å². The van der Waals surface area contributed by atoms with Gasteiger partial charge in [0, 0.05) is 28.3 Å². The quantitative estimate of drug-likeness (QED) is 0.821. The van der Waals surface area contributed by atoms with Crippen molar-refractivity contribution in [2.75, 3.05) is 0 Å². The smallest absolute Gasteiger partial charge is 0.0465 e. The Kier molecular flexibility index (Phi) is 3.83. The summed E-state index contributed by atoms with van der Waals surface area (Å²) in [4.78, 5) is 2.96. The SMILES string of the molecule is CCC1CC1NC(Cc1cccs1)c1cccs1. The molecule has 96 valence electrons. The van der Waals surface area contributed by atoms with Crippen molar-refractivity contribution < 1.29 is 0 Å². The molecule has 1 saturated carbocycles. The summed E-state index contributed by atoms with van der Waals surface area (Å²) in [6, 6.07) is 10.1. The van der Waals surface area contributed by atoms with Crippen molar-refractivity contribution in [1.82, 2.24) is 5.32 Å². The third kappa shape index (κ3) is 2.85. The maximum atomic E-state index is 3.85. The van der Waals surface area contributed by atoms with Crippen LogP contribution in [-0.2, 0) is 6.42 Å². The largest absolute Gasteiger partial charge is 0.306 e. The average Bonchev–Trinajstić information content (AvgIpc) is 2.84. The molecule has 3 unspecified atom stereocenters. The molecule has 3 atom stereocenters. The van der Waals surface area contributed by atoms with Gasteiger partial charge in [-0.25, -0.2) is 0 Å². The Morgan fingerprint density at radius 3 is 2.72 bits per heavy atom. The number of rotatable bonds is 6. The highest BCUT2D eigenvalue weighted by atomic mass is 32.1. The fourth-order valence-corrected chi connectivity index (χ4v) is 4.06. The molecule has 0 amide bonds. The van der Waals surface area contributed by atoms with E-state index in [9.17, 15) is 0 Å². The number of thiophene rings is 2. The van der Waals surface area contributed by atoms with Crippen LogP contribution in [0.25, 0.3) is 0 Å². The Morgan fingerprint density at radius 2 is 2.11 bits per heavy atom. The van der Waals surface area contributed by atoms with Gasteiger partial charge in [0.05, 0.1) is 0 Å². The molecule has 18 heavy (non-hydrogen) atoms. The summed E-state index contributed by atoms with van der Waals surface area (Å²) in [5, 5.41) is 8.21.